The van der Waals surface area contributed by atoms with Crippen molar-refractivity contribution in [3.63, 3.8) is 0 Å². The third-order valence-electron chi connectivity index (χ3n) is 5.74. The van der Waals surface area contributed by atoms with Crippen LogP contribution >= 0.6 is 0 Å². The normalized spacial score (nSPS) is 11.4. The van der Waals surface area contributed by atoms with Gasteiger partial charge in [0.05, 0.1) is 25.6 Å². The molecule has 0 spiro atoms. The fourth-order valence-corrected chi connectivity index (χ4v) is 3.85. The summed E-state index contributed by atoms with van der Waals surface area (Å²) in [5, 5.41) is 4.63. The van der Waals surface area contributed by atoms with Crippen molar-refractivity contribution in [1.29, 1.82) is 0 Å². The Morgan fingerprint density at radius 1 is 0.974 bits per heavy atom. The summed E-state index contributed by atoms with van der Waals surface area (Å²) in [6.07, 6.45) is 2.13. The van der Waals surface area contributed by atoms with Crippen LogP contribution in [-0.2, 0) is 20.9 Å². The summed E-state index contributed by atoms with van der Waals surface area (Å²) in [6.45, 7) is 5.34. The number of carbonyl (C=O) groups excluding carboxylic acids is 1. The number of methoxy groups -OCH3 is 1. The highest BCUT2D eigenvalue weighted by Gasteiger charge is 2.15. The van der Waals surface area contributed by atoms with Crippen molar-refractivity contribution in [2.75, 3.05) is 26.9 Å². The molecule has 0 amide bonds. The Morgan fingerprint density at radius 2 is 1.71 bits per heavy atom. The van der Waals surface area contributed by atoms with Crippen molar-refractivity contribution in [2.24, 2.45) is 0 Å². The number of fused-ring (bicyclic) bond motifs is 1. The quantitative estimate of drug-likeness (QED) is 0.149. The molecule has 8 nitrogen and oxygen atoms in total. The number of nitrogens with zero attached hydrogens (tertiary/aromatic N) is 3. The number of benzene rings is 2. The van der Waals surface area contributed by atoms with Gasteiger partial charge in [0.25, 0.3) is 0 Å². The van der Waals surface area contributed by atoms with Gasteiger partial charge in [-0.15, -0.1) is 11.0 Å². The van der Waals surface area contributed by atoms with Crippen LogP contribution < -0.4 is 9.47 Å². The number of hydrogen-bond donors (Lipinski definition) is 0. The van der Waals surface area contributed by atoms with Gasteiger partial charge in [0.15, 0.2) is 11.5 Å². The molecule has 8 heteroatoms. The number of esters is 1. The first-order valence-corrected chi connectivity index (χ1v) is 12.5. The number of carbonyl (C=O) groups is 1. The van der Waals surface area contributed by atoms with Crippen molar-refractivity contribution in [3.05, 3.63) is 78.0 Å². The van der Waals surface area contributed by atoms with E-state index in [0.29, 0.717) is 32.3 Å². The molecule has 2 aromatic carbocycles. The van der Waals surface area contributed by atoms with Gasteiger partial charge in [-0.1, -0.05) is 24.1 Å². The molecule has 0 unspecified atom stereocenters. The molecule has 196 valence electrons. The van der Waals surface area contributed by atoms with E-state index in [9.17, 15) is 4.79 Å². The van der Waals surface area contributed by atoms with E-state index in [-0.39, 0.29) is 18.3 Å². The topological polar surface area (TPSA) is 84.2 Å². The fraction of sp³-hybridized carbons (Fsp3) is 0.300. The van der Waals surface area contributed by atoms with Crippen molar-refractivity contribution in [3.8, 4) is 34.7 Å². The van der Waals surface area contributed by atoms with Gasteiger partial charge >= 0.3 is 5.97 Å². The number of rotatable bonds is 12. The van der Waals surface area contributed by atoms with E-state index in [4.69, 9.17) is 18.9 Å². The van der Waals surface area contributed by atoms with Crippen LogP contribution in [-0.4, -0.2) is 47.5 Å². The zero-order valence-electron chi connectivity index (χ0n) is 21.8. The number of hydrogen-bond acceptors (Lipinski definition) is 7. The van der Waals surface area contributed by atoms with Crippen LogP contribution in [0.2, 0.25) is 0 Å². The standard InChI is InChI=1S/C30H31N3O5/c1-4-6-25(19-29(34)36-5-2)23-8-12-27(13-9-23)38-21-22-7-16-28-31-30(32-33(28)20-22)24-10-14-26(15-11-24)37-18-17-35-3/h7-16,20,25H,5,17-19,21H2,1-3H3/t25-/m0/s1. The molecule has 2 heterocycles. The lowest BCUT2D eigenvalue weighted by atomic mass is 9.96. The smallest absolute Gasteiger partial charge is 0.307 e. The Hall–Kier alpha value is -4.35. The van der Waals surface area contributed by atoms with Crippen molar-refractivity contribution < 1.29 is 23.7 Å². The van der Waals surface area contributed by atoms with Crippen LogP contribution in [0, 0.1) is 11.8 Å². The average molecular weight is 514 g/mol. The van der Waals surface area contributed by atoms with Gasteiger partial charge in [0, 0.05) is 24.4 Å². The van der Waals surface area contributed by atoms with E-state index >= 15 is 0 Å². The molecule has 0 fully saturated rings. The molecular weight excluding hydrogens is 482 g/mol. The van der Waals surface area contributed by atoms with Crippen LogP contribution in [0.15, 0.2) is 66.9 Å². The molecule has 0 radical (unpaired) electrons. The van der Waals surface area contributed by atoms with E-state index in [2.05, 4.69) is 21.9 Å². The van der Waals surface area contributed by atoms with Gasteiger partial charge in [-0.2, -0.15) is 0 Å². The molecule has 0 aliphatic carbocycles. The Kier molecular flexibility index (Phi) is 9.32. The summed E-state index contributed by atoms with van der Waals surface area (Å²) in [6, 6.07) is 19.2. The maximum absolute atomic E-state index is 11.9. The molecule has 4 rings (SSSR count). The summed E-state index contributed by atoms with van der Waals surface area (Å²) >= 11 is 0. The Labute approximate surface area is 222 Å². The molecule has 38 heavy (non-hydrogen) atoms. The molecule has 0 bridgehead atoms. The largest absolute Gasteiger partial charge is 0.491 e. The van der Waals surface area contributed by atoms with Crippen molar-refractivity contribution >= 4 is 11.6 Å². The minimum atomic E-state index is -0.254. The zero-order valence-corrected chi connectivity index (χ0v) is 21.8. The maximum Gasteiger partial charge on any atom is 0.307 e. The van der Waals surface area contributed by atoms with Gasteiger partial charge in [-0.3, -0.25) is 4.79 Å². The Balaban J connectivity index is 1.38. The van der Waals surface area contributed by atoms with Crippen molar-refractivity contribution in [2.45, 2.75) is 32.8 Å². The Bertz CT molecular complexity index is 1400. The predicted molar refractivity (Wildman–Crippen MR) is 144 cm³/mol. The van der Waals surface area contributed by atoms with E-state index in [0.717, 1.165) is 33.8 Å². The summed E-state index contributed by atoms with van der Waals surface area (Å²) in [5.41, 5.74) is 3.56. The summed E-state index contributed by atoms with van der Waals surface area (Å²) in [7, 11) is 1.65. The SMILES string of the molecule is CC#C[C@@H](CC(=O)OCC)c1ccc(OCc2ccc3nc(-c4ccc(OCCOC)cc4)nn3c2)cc1. The highest BCUT2D eigenvalue weighted by Crippen LogP contribution is 2.24. The maximum atomic E-state index is 11.9. The second kappa shape index (κ2) is 13.3. The first-order valence-electron chi connectivity index (χ1n) is 12.5. The van der Waals surface area contributed by atoms with Crippen LogP contribution in [0.4, 0.5) is 0 Å². The zero-order chi connectivity index (χ0) is 26.7. The lowest BCUT2D eigenvalue weighted by Gasteiger charge is -2.12. The molecule has 0 aliphatic rings. The molecule has 0 aliphatic heterocycles. The van der Waals surface area contributed by atoms with Crippen LogP contribution in [0.25, 0.3) is 17.0 Å². The molecule has 0 N–H and O–H groups in total. The number of aromatic nitrogens is 3. The van der Waals surface area contributed by atoms with E-state index in [1.165, 1.54) is 0 Å². The number of ether oxygens (including phenoxy) is 4. The van der Waals surface area contributed by atoms with E-state index in [1.54, 1.807) is 25.5 Å². The highest BCUT2D eigenvalue weighted by molar-refractivity contribution is 5.71. The molecule has 1 atom stereocenters. The third kappa shape index (κ3) is 7.11. The highest BCUT2D eigenvalue weighted by atomic mass is 16.5. The molecule has 0 saturated heterocycles. The lowest BCUT2D eigenvalue weighted by Crippen LogP contribution is -2.09. The summed E-state index contributed by atoms with van der Waals surface area (Å²) in [5.74, 6) is 7.66. The fourth-order valence-electron chi connectivity index (χ4n) is 3.85. The second-order valence-electron chi connectivity index (χ2n) is 8.45. The molecular formula is C30H31N3O5. The third-order valence-corrected chi connectivity index (χ3v) is 5.74. The van der Waals surface area contributed by atoms with E-state index < -0.39 is 0 Å². The van der Waals surface area contributed by atoms with Crippen LogP contribution in [0.1, 0.15) is 37.3 Å². The molecule has 2 aromatic heterocycles. The molecule has 0 saturated carbocycles. The van der Waals surface area contributed by atoms with Crippen LogP contribution in [0.3, 0.4) is 0 Å². The van der Waals surface area contributed by atoms with Crippen LogP contribution in [0.5, 0.6) is 11.5 Å². The monoisotopic (exact) mass is 513 g/mol. The average Bonchev–Trinajstić information content (AvgIpc) is 3.36. The summed E-state index contributed by atoms with van der Waals surface area (Å²) < 4.78 is 23.4. The van der Waals surface area contributed by atoms with E-state index in [1.807, 2.05) is 66.9 Å². The molecule has 4 aromatic rings. The van der Waals surface area contributed by atoms with Gasteiger partial charge in [0.2, 0.25) is 0 Å². The van der Waals surface area contributed by atoms with Gasteiger partial charge in [0.1, 0.15) is 24.7 Å². The Morgan fingerprint density at radius 3 is 2.42 bits per heavy atom. The summed E-state index contributed by atoms with van der Waals surface area (Å²) in [4.78, 5) is 16.6. The number of pyridine rings is 1. The van der Waals surface area contributed by atoms with Gasteiger partial charge < -0.3 is 18.9 Å². The van der Waals surface area contributed by atoms with Gasteiger partial charge in [-0.25, -0.2) is 9.50 Å². The van der Waals surface area contributed by atoms with Gasteiger partial charge in [-0.05, 0) is 61.9 Å². The lowest BCUT2D eigenvalue weighted by molar-refractivity contribution is -0.143. The first kappa shape index (κ1) is 26.7. The minimum absolute atomic E-state index is 0.212. The van der Waals surface area contributed by atoms with Crippen molar-refractivity contribution in [1.82, 2.24) is 14.6 Å². The second-order valence-corrected chi connectivity index (χ2v) is 8.45. The minimum Gasteiger partial charge on any atom is -0.491 e. The predicted octanol–water partition coefficient (Wildman–Crippen LogP) is 5.06. The first-order chi connectivity index (χ1) is 18.6.